The van der Waals surface area contributed by atoms with Crippen LogP contribution in [0.25, 0.3) is 22.1 Å². The first-order chi connectivity index (χ1) is 11.6. The Labute approximate surface area is 141 Å². The third kappa shape index (κ3) is 2.53. The van der Waals surface area contributed by atoms with E-state index in [4.69, 9.17) is 0 Å². The van der Waals surface area contributed by atoms with Crippen LogP contribution < -0.4 is 5.32 Å². The lowest BCUT2D eigenvalue weighted by molar-refractivity contribution is -0.110. The maximum absolute atomic E-state index is 13.9. The summed E-state index contributed by atoms with van der Waals surface area (Å²) in [5, 5.41) is 2.81. The van der Waals surface area contributed by atoms with E-state index in [0.29, 0.717) is 10.5 Å². The molecule has 0 atom stereocenters. The van der Waals surface area contributed by atoms with Gasteiger partial charge in [0.2, 0.25) is 0 Å². The smallest absolute Gasteiger partial charge is 0.256 e. The lowest BCUT2D eigenvalue weighted by Gasteiger charge is -1.99. The number of amides is 1. The molecule has 0 aliphatic carbocycles. The third-order valence-electron chi connectivity index (χ3n) is 3.82. The largest absolute Gasteiger partial charge is 0.321 e. The number of fused-ring (bicyclic) bond motifs is 1. The second kappa shape index (κ2) is 5.69. The monoisotopic (exact) mass is 339 g/mol. The van der Waals surface area contributed by atoms with Crippen molar-refractivity contribution in [2.24, 2.45) is 0 Å². The zero-order valence-electron chi connectivity index (χ0n) is 12.3. The number of nitrogens with one attached hydrogen (secondary N) is 1. The van der Waals surface area contributed by atoms with E-state index in [1.54, 1.807) is 18.2 Å². The molecule has 0 radical (unpaired) electrons. The van der Waals surface area contributed by atoms with Gasteiger partial charge in [-0.15, -0.1) is 11.3 Å². The number of carbonyl (C=O) groups is 1. The van der Waals surface area contributed by atoms with Crippen molar-refractivity contribution in [3.05, 3.63) is 76.7 Å². The van der Waals surface area contributed by atoms with E-state index >= 15 is 0 Å². The summed E-state index contributed by atoms with van der Waals surface area (Å²) in [6.45, 7) is 0. The molecule has 1 aliphatic heterocycles. The number of carbonyl (C=O) groups excluding carboxylic acids is 1. The van der Waals surface area contributed by atoms with Crippen molar-refractivity contribution in [2.75, 3.05) is 5.32 Å². The van der Waals surface area contributed by atoms with Gasteiger partial charge in [0.1, 0.15) is 11.6 Å². The Balaban J connectivity index is 1.74. The van der Waals surface area contributed by atoms with Gasteiger partial charge in [-0.25, -0.2) is 8.78 Å². The highest BCUT2D eigenvalue weighted by Gasteiger charge is 2.23. The van der Waals surface area contributed by atoms with Crippen molar-refractivity contribution in [1.29, 1.82) is 0 Å². The summed E-state index contributed by atoms with van der Waals surface area (Å²) in [7, 11) is 0. The van der Waals surface area contributed by atoms with Gasteiger partial charge in [-0.1, -0.05) is 18.2 Å². The topological polar surface area (TPSA) is 29.1 Å². The average Bonchev–Trinajstić information content (AvgIpc) is 3.15. The number of rotatable bonds is 2. The van der Waals surface area contributed by atoms with Crippen LogP contribution >= 0.6 is 11.3 Å². The quantitative estimate of drug-likeness (QED) is 0.640. The molecule has 24 heavy (non-hydrogen) atoms. The van der Waals surface area contributed by atoms with Crippen LogP contribution in [0.15, 0.2) is 54.6 Å². The Hall–Kier alpha value is -2.79. The van der Waals surface area contributed by atoms with E-state index in [2.05, 4.69) is 5.32 Å². The fourth-order valence-corrected chi connectivity index (χ4v) is 3.66. The van der Waals surface area contributed by atoms with Crippen molar-refractivity contribution in [1.82, 2.24) is 0 Å². The zero-order valence-corrected chi connectivity index (χ0v) is 13.2. The summed E-state index contributed by atoms with van der Waals surface area (Å²) in [4.78, 5) is 13.5. The molecule has 4 rings (SSSR count). The number of hydrogen-bond donors (Lipinski definition) is 1. The fraction of sp³-hybridized carbons (Fsp3) is 0. The Kier molecular flexibility index (Phi) is 3.50. The summed E-state index contributed by atoms with van der Waals surface area (Å²) in [6, 6.07) is 14.4. The summed E-state index contributed by atoms with van der Waals surface area (Å²) < 4.78 is 27.2. The van der Waals surface area contributed by atoms with Crippen LogP contribution in [0, 0.1) is 11.6 Å². The molecule has 1 aliphatic rings. The van der Waals surface area contributed by atoms with Gasteiger partial charge in [0.15, 0.2) is 0 Å². The van der Waals surface area contributed by atoms with Crippen LogP contribution in [0.4, 0.5) is 14.5 Å². The highest BCUT2D eigenvalue weighted by Crippen LogP contribution is 2.36. The first-order valence-electron chi connectivity index (χ1n) is 7.29. The minimum absolute atomic E-state index is 0.164. The molecule has 0 saturated carbocycles. The Morgan fingerprint density at radius 2 is 1.79 bits per heavy atom. The molecule has 2 heterocycles. The first-order valence-corrected chi connectivity index (χ1v) is 8.11. The lowest BCUT2D eigenvalue weighted by atomic mass is 10.1. The SMILES string of the molecule is O=C1Nc2ccccc2/C1=C/c1ccc(-c2cc(F)ccc2F)s1. The van der Waals surface area contributed by atoms with Gasteiger partial charge in [0.25, 0.3) is 5.91 Å². The van der Waals surface area contributed by atoms with E-state index in [0.717, 1.165) is 28.3 Å². The van der Waals surface area contributed by atoms with Gasteiger partial charge >= 0.3 is 0 Å². The van der Waals surface area contributed by atoms with Crippen molar-refractivity contribution < 1.29 is 13.6 Å². The summed E-state index contributed by atoms with van der Waals surface area (Å²) in [5.74, 6) is -1.12. The maximum atomic E-state index is 13.9. The second-order valence-corrected chi connectivity index (χ2v) is 6.50. The molecule has 2 aromatic carbocycles. The fourth-order valence-electron chi connectivity index (χ4n) is 2.69. The van der Waals surface area contributed by atoms with Crippen LogP contribution in [0.5, 0.6) is 0 Å². The molecule has 1 N–H and O–H groups in total. The number of para-hydroxylation sites is 1. The number of anilines is 1. The molecule has 2 nitrogen and oxygen atoms in total. The lowest BCUT2D eigenvalue weighted by Crippen LogP contribution is -2.03. The van der Waals surface area contributed by atoms with Crippen molar-refractivity contribution in [3.8, 4) is 10.4 Å². The highest BCUT2D eigenvalue weighted by atomic mass is 32.1. The molecule has 118 valence electrons. The van der Waals surface area contributed by atoms with Gasteiger partial charge in [-0.05, 0) is 42.5 Å². The summed E-state index contributed by atoms with van der Waals surface area (Å²) in [6.07, 6.45) is 1.77. The second-order valence-electron chi connectivity index (χ2n) is 5.38. The number of thiophene rings is 1. The summed E-state index contributed by atoms with van der Waals surface area (Å²) >= 11 is 1.31. The van der Waals surface area contributed by atoms with Crippen LogP contribution in [0.1, 0.15) is 10.4 Å². The Morgan fingerprint density at radius 1 is 0.958 bits per heavy atom. The predicted molar refractivity (Wildman–Crippen MR) is 92.6 cm³/mol. The van der Waals surface area contributed by atoms with Gasteiger partial charge in [0.05, 0.1) is 5.57 Å². The molecular weight excluding hydrogens is 328 g/mol. The standard InChI is InChI=1S/C19H11F2NOS/c20-11-5-7-16(21)15(9-11)18-8-6-12(24-18)10-14-13-3-1-2-4-17(13)22-19(14)23/h1-10H,(H,22,23)/b14-10-. The van der Waals surface area contributed by atoms with Crippen LogP contribution in [-0.4, -0.2) is 5.91 Å². The van der Waals surface area contributed by atoms with E-state index in [1.807, 2.05) is 24.3 Å². The third-order valence-corrected chi connectivity index (χ3v) is 4.88. The molecule has 0 unspecified atom stereocenters. The van der Waals surface area contributed by atoms with Crippen LogP contribution in [0.2, 0.25) is 0 Å². The van der Waals surface area contributed by atoms with E-state index in [-0.39, 0.29) is 11.5 Å². The van der Waals surface area contributed by atoms with E-state index in [9.17, 15) is 13.6 Å². The molecule has 0 fully saturated rings. The number of hydrogen-bond acceptors (Lipinski definition) is 2. The average molecular weight is 339 g/mol. The minimum atomic E-state index is -0.483. The molecule has 1 amide bonds. The normalized spacial score (nSPS) is 14.8. The molecule has 0 spiro atoms. The Morgan fingerprint density at radius 3 is 2.67 bits per heavy atom. The first kappa shape index (κ1) is 14.8. The zero-order chi connectivity index (χ0) is 16.7. The maximum Gasteiger partial charge on any atom is 0.256 e. The highest BCUT2D eigenvalue weighted by molar-refractivity contribution is 7.16. The molecule has 0 saturated heterocycles. The van der Waals surface area contributed by atoms with Gasteiger partial charge in [-0.3, -0.25) is 4.79 Å². The molecule has 3 aromatic rings. The predicted octanol–water partition coefficient (Wildman–Crippen LogP) is 5.19. The molecule has 5 heteroatoms. The number of halogens is 2. The number of benzene rings is 2. The van der Waals surface area contributed by atoms with Crippen molar-refractivity contribution in [2.45, 2.75) is 0 Å². The molecule has 0 bridgehead atoms. The van der Waals surface area contributed by atoms with Gasteiger partial charge in [0, 0.05) is 26.6 Å². The Bertz CT molecular complexity index is 991. The van der Waals surface area contributed by atoms with E-state index in [1.165, 1.54) is 17.4 Å². The van der Waals surface area contributed by atoms with Crippen molar-refractivity contribution >= 4 is 34.6 Å². The molecule has 1 aromatic heterocycles. The van der Waals surface area contributed by atoms with Crippen LogP contribution in [-0.2, 0) is 4.79 Å². The van der Waals surface area contributed by atoms with Crippen molar-refractivity contribution in [3.63, 3.8) is 0 Å². The van der Waals surface area contributed by atoms with E-state index < -0.39 is 11.6 Å². The van der Waals surface area contributed by atoms with Crippen LogP contribution in [0.3, 0.4) is 0 Å². The molecular formula is C19H11F2NOS. The minimum Gasteiger partial charge on any atom is -0.321 e. The van der Waals surface area contributed by atoms with Gasteiger partial charge < -0.3 is 5.32 Å². The van der Waals surface area contributed by atoms with Gasteiger partial charge in [-0.2, -0.15) is 0 Å². The summed E-state index contributed by atoms with van der Waals surface area (Å²) in [5.41, 5.74) is 2.41.